The van der Waals surface area contributed by atoms with Crippen molar-refractivity contribution in [3.05, 3.63) is 81.5 Å². The predicted octanol–water partition coefficient (Wildman–Crippen LogP) is 6.33. The molecule has 6 heteroatoms. The SMILES string of the molecule is Cc1c(-c2ccc(Br)cc2F)nc2n1CC(C(=O)N1CCc3ccccc3[C@H]1C)C=C2C1CC1. The first-order valence-corrected chi connectivity index (χ1v) is 12.8. The molecule has 1 unspecified atom stereocenters. The van der Waals surface area contributed by atoms with Gasteiger partial charge >= 0.3 is 0 Å². The highest BCUT2D eigenvalue weighted by Gasteiger charge is 2.39. The molecular weight excluding hydrogens is 493 g/mol. The van der Waals surface area contributed by atoms with Crippen LogP contribution in [0, 0.1) is 24.6 Å². The molecule has 0 saturated heterocycles. The predicted molar refractivity (Wildman–Crippen MR) is 135 cm³/mol. The fraction of sp³-hybridized carbons (Fsp3) is 0.357. The number of hydrogen-bond donors (Lipinski definition) is 0. The summed E-state index contributed by atoms with van der Waals surface area (Å²) < 4.78 is 17.7. The van der Waals surface area contributed by atoms with Crippen molar-refractivity contribution in [1.29, 1.82) is 0 Å². The molecule has 3 heterocycles. The topological polar surface area (TPSA) is 38.1 Å². The lowest BCUT2D eigenvalue weighted by Crippen LogP contribution is -2.43. The minimum Gasteiger partial charge on any atom is -0.335 e. The Hall–Kier alpha value is -2.73. The molecule has 1 saturated carbocycles. The number of amides is 1. The van der Waals surface area contributed by atoms with Crippen LogP contribution in [0.1, 0.15) is 48.5 Å². The average molecular weight is 520 g/mol. The first-order valence-electron chi connectivity index (χ1n) is 12.0. The Balaban J connectivity index is 1.36. The maximum Gasteiger partial charge on any atom is 0.231 e. The van der Waals surface area contributed by atoms with E-state index in [0.29, 0.717) is 28.2 Å². The van der Waals surface area contributed by atoms with Crippen molar-refractivity contribution in [2.24, 2.45) is 11.8 Å². The van der Waals surface area contributed by atoms with Crippen LogP contribution in [-0.4, -0.2) is 26.9 Å². The molecule has 2 atom stereocenters. The largest absolute Gasteiger partial charge is 0.335 e. The van der Waals surface area contributed by atoms with Crippen molar-refractivity contribution in [3.63, 3.8) is 0 Å². The van der Waals surface area contributed by atoms with E-state index in [1.165, 1.54) is 17.2 Å². The number of allylic oxidation sites excluding steroid dienone is 1. The molecule has 4 nitrogen and oxygen atoms in total. The van der Waals surface area contributed by atoms with Crippen molar-refractivity contribution in [2.45, 2.75) is 45.7 Å². The average Bonchev–Trinajstić information content (AvgIpc) is 3.63. The Morgan fingerprint density at radius 3 is 2.74 bits per heavy atom. The van der Waals surface area contributed by atoms with E-state index >= 15 is 0 Å². The van der Waals surface area contributed by atoms with Crippen LogP contribution in [0.5, 0.6) is 0 Å². The zero-order valence-electron chi connectivity index (χ0n) is 19.4. The summed E-state index contributed by atoms with van der Waals surface area (Å²) in [5.41, 5.74) is 5.82. The highest BCUT2D eigenvalue weighted by atomic mass is 79.9. The van der Waals surface area contributed by atoms with Crippen LogP contribution in [-0.2, 0) is 17.8 Å². The second kappa shape index (κ2) is 8.19. The summed E-state index contributed by atoms with van der Waals surface area (Å²) in [6.07, 6.45) is 5.29. The van der Waals surface area contributed by atoms with E-state index < -0.39 is 0 Å². The Bertz CT molecular complexity index is 1340. The monoisotopic (exact) mass is 519 g/mol. The Labute approximate surface area is 207 Å². The molecule has 0 radical (unpaired) electrons. The minimum absolute atomic E-state index is 0.0629. The molecule has 1 fully saturated rings. The van der Waals surface area contributed by atoms with Crippen LogP contribution in [0.25, 0.3) is 16.8 Å². The van der Waals surface area contributed by atoms with Crippen molar-refractivity contribution in [3.8, 4) is 11.3 Å². The van der Waals surface area contributed by atoms with Gasteiger partial charge in [-0.25, -0.2) is 9.37 Å². The van der Waals surface area contributed by atoms with Crippen molar-refractivity contribution < 1.29 is 9.18 Å². The number of fused-ring (bicyclic) bond motifs is 2. The van der Waals surface area contributed by atoms with Crippen LogP contribution in [0.3, 0.4) is 0 Å². The van der Waals surface area contributed by atoms with Gasteiger partial charge in [-0.1, -0.05) is 46.3 Å². The van der Waals surface area contributed by atoms with E-state index in [-0.39, 0.29) is 23.7 Å². The number of carbonyl (C=O) groups excluding carboxylic acids is 1. The number of rotatable bonds is 3. The summed E-state index contributed by atoms with van der Waals surface area (Å²) in [4.78, 5) is 20.8. The summed E-state index contributed by atoms with van der Waals surface area (Å²) in [5, 5.41) is 0. The lowest BCUT2D eigenvalue weighted by atomic mass is 9.91. The molecule has 2 aliphatic heterocycles. The first-order chi connectivity index (χ1) is 16.4. The molecule has 0 bridgehead atoms. The van der Waals surface area contributed by atoms with Gasteiger partial charge in [-0.15, -0.1) is 0 Å². The van der Waals surface area contributed by atoms with Crippen LogP contribution >= 0.6 is 15.9 Å². The quantitative estimate of drug-likeness (QED) is 0.405. The fourth-order valence-electron chi connectivity index (χ4n) is 5.60. The van der Waals surface area contributed by atoms with E-state index in [1.54, 1.807) is 6.07 Å². The fourth-order valence-corrected chi connectivity index (χ4v) is 5.94. The molecule has 1 aliphatic carbocycles. The van der Waals surface area contributed by atoms with Gasteiger partial charge in [0.15, 0.2) is 0 Å². The standard InChI is InChI=1S/C28H27BrFN3O/c1-16-22-6-4-3-5-18(22)11-12-32(16)28(34)20-13-24(19-7-8-19)27-31-26(17(2)33(27)15-20)23-10-9-21(29)14-25(23)30/h3-6,9-10,13-14,16,19-20H,7-8,11-12,15H2,1-2H3/t16-,20?/m1/s1. The van der Waals surface area contributed by atoms with Crippen LogP contribution in [0.15, 0.2) is 53.0 Å². The van der Waals surface area contributed by atoms with Gasteiger partial charge in [-0.2, -0.15) is 0 Å². The maximum absolute atomic E-state index is 14.8. The number of aromatic nitrogens is 2. The van der Waals surface area contributed by atoms with Crippen molar-refractivity contribution in [1.82, 2.24) is 14.5 Å². The van der Waals surface area contributed by atoms with Crippen LogP contribution in [0.2, 0.25) is 0 Å². The lowest BCUT2D eigenvalue weighted by Gasteiger charge is -2.38. The number of halogens is 2. The third-order valence-corrected chi connectivity index (χ3v) is 8.13. The van der Waals surface area contributed by atoms with Crippen molar-refractivity contribution in [2.75, 3.05) is 6.54 Å². The Morgan fingerprint density at radius 2 is 1.97 bits per heavy atom. The van der Waals surface area contributed by atoms with Gasteiger partial charge in [0.1, 0.15) is 11.6 Å². The molecule has 3 aromatic rings. The highest BCUT2D eigenvalue weighted by molar-refractivity contribution is 9.10. The minimum atomic E-state index is -0.293. The van der Waals surface area contributed by atoms with Gasteiger partial charge in [0, 0.05) is 28.8 Å². The van der Waals surface area contributed by atoms with Crippen LogP contribution in [0.4, 0.5) is 4.39 Å². The molecule has 3 aliphatic rings. The maximum atomic E-state index is 14.8. The van der Waals surface area contributed by atoms with Gasteiger partial charge in [-0.3, -0.25) is 4.79 Å². The molecule has 0 spiro atoms. The molecule has 1 aromatic heterocycles. The number of carbonyl (C=O) groups is 1. The summed E-state index contributed by atoms with van der Waals surface area (Å²) >= 11 is 3.34. The van der Waals surface area contributed by atoms with E-state index in [0.717, 1.165) is 42.9 Å². The normalized spacial score (nSPS) is 21.6. The smallest absolute Gasteiger partial charge is 0.231 e. The molecule has 174 valence electrons. The van der Waals surface area contributed by atoms with Gasteiger partial charge < -0.3 is 9.47 Å². The van der Waals surface area contributed by atoms with Crippen molar-refractivity contribution >= 4 is 27.4 Å². The second-order valence-electron chi connectivity index (χ2n) is 9.76. The number of imidazole rings is 1. The molecular formula is C28H27BrFN3O. The third kappa shape index (κ3) is 3.54. The third-order valence-electron chi connectivity index (χ3n) is 7.64. The lowest BCUT2D eigenvalue weighted by molar-refractivity contribution is -0.137. The molecule has 6 rings (SSSR count). The Kier molecular flexibility index (Phi) is 5.25. The highest BCUT2D eigenvalue weighted by Crippen LogP contribution is 2.46. The zero-order valence-corrected chi connectivity index (χ0v) is 21.0. The van der Waals surface area contributed by atoms with Crippen LogP contribution < -0.4 is 0 Å². The van der Waals surface area contributed by atoms with Gasteiger partial charge in [0.05, 0.1) is 17.7 Å². The summed E-state index contributed by atoms with van der Waals surface area (Å²) in [6.45, 7) is 5.41. The molecule has 1 amide bonds. The number of benzene rings is 2. The first kappa shape index (κ1) is 21.8. The molecule has 2 aromatic carbocycles. The van der Waals surface area contributed by atoms with E-state index in [2.05, 4.69) is 57.8 Å². The number of hydrogen-bond acceptors (Lipinski definition) is 2. The molecule has 34 heavy (non-hydrogen) atoms. The van der Waals surface area contributed by atoms with E-state index in [1.807, 2.05) is 17.9 Å². The van der Waals surface area contributed by atoms with Gasteiger partial charge in [-0.05, 0) is 73.9 Å². The van der Waals surface area contributed by atoms with E-state index in [9.17, 15) is 9.18 Å². The van der Waals surface area contributed by atoms with E-state index in [4.69, 9.17) is 4.98 Å². The summed E-state index contributed by atoms with van der Waals surface area (Å²) in [5.74, 6) is 0.997. The second-order valence-corrected chi connectivity index (χ2v) is 10.7. The zero-order chi connectivity index (χ0) is 23.6. The summed E-state index contributed by atoms with van der Waals surface area (Å²) in [7, 11) is 0. The number of nitrogens with zero attached hydrogens (tertiary/aromatic N) is 3. The Morgan fingerprint density at radius 1 is 1.18 bits per heavy atom. The molecule has 0 N–H and O–H groups in total. The summed E-state index contributed by atoms with van der Waals surface area (Å²) in [6, 6.07) is 13.6. The van der Waals surface area contributed by atoms with Gasteiger partial charge in [0.25, 0.3) is 0 Å². The van der Waals surface area contributed by atoms with Gasteiger partial charge in [0.2, 0.25) is 5.91 Å².